The second-order valence-corrected chi connectivity index (χ2v) is 9.88. The van der Waals surface area contributed by atoms with E-state index in [-0.39, 0.29) is 36.1 Å². The van der Waals surface area contributed by atoms with Crippen LogP contribution in [0, 0.1) is 11.7 Å². The Balaban J connectivity index is 1.97. The Kier molecular flexibility index (Phi) is 8.69. The fraction of sp³-hybridized carbons (Fsp3) is 0.385. The maximum absolute atomic E-state index is 13.9. The maximum Gasteiger partial charge on any atom is 0.413 e. The van der Waals surface area contributed by atoms with E-state index >= 15 is 0 Å². The lowest BCUT2D eigenvalue weighted by molar-refractivity contribution is -0.162. The minimum Gasteiger partial charge on any atom is -0.506 e. The fourth-order valence-corrected chi connectivity index (χ4v) is 4.08. The number of esters is 1. The second kappa shape index (κ2) is 11.5. The molecule has 0 aliphatic carbocycles. The molecular weight excluding hydrogens is 501 g/mol. The summed E-state index contributed by atoms with van der Waals surface area (Å²) in [5, 5.41) is 15.7. The first-order valence-corrected chi connectivity index (χ1v) is 12.2. The van der Waals surface area contributed by atoms with E-state index in [2.05, 4.69) is 10.6 Å². The van der Waals surface area contributed by atoms with Crippen LogP contribution in [0.2, 0.25) is 0 Å². The molecule has 1 unspecified atom stereocenters. The largest absolute Gasteiger partial charge is 0.506 e. The molecule has 9 nitrogen and oxygen atoms in total. The SMILES string of the molecule is CCOC(=O)NC(=S)Nc1cc2c(cc1O)N(Cc1cccc(F)c1)C(=O)C(C(=O)OC(C)(C)C)CC2. The number of benzene rings is 2. The zero-order chi connectivity index (χ0) is 27.3. The Morgan fingerprint density at radius 1 is 1.24 bits per heavy atom. The molecule has 1 heterocycles. The number of fused-ring (bicyclic) bond motifs is 1. The number of carbonyl (C=O) groups is 3. The van der Waals surface area contributed by atoms with Crippen LogP contribution in [-0.4, -0.2) is 40.4 Å². The molecule has 1 atom stereocenters. The molecule has 0 aromatic heterocycles. The van der Waals surface area contributed by atoms with Crippen molar-refractivity contribution < 1.29 is 33.4 Å². The fourth-order valence-electron chi connectivity index (χ4n) is 3.89. The summed E-state index contributed by atoms with van der Waals surface area (Å²) in [5.74, 6) is -2.98. The minimum absolute atomic E-state index is 0.0298. The van der Waals surface area contributed by atoms with Gasteiger partial charge in [-0.15, -0.1) is 0 Å². The molecule has 0 fully saturated rings. The van der Waals surface area contributed by atoms with Gasteiger partial charge in [0.05, 0.1) is 24.5 Å². The zero-order valence-corrected chi connectivity index (χ0v) is 21.9. The number of aromatic hydroxyl groups is 1. The number of aryl methyl sites for hydroxylation is 1. The van der Waals surface area contributed by atoms with Crippen molar-refractivity contribution in [2.75, 3.05) is 16.8 Å². The summed E-state index contributed by atoms with van der Waals surface area (Å²) >= 11 is 5.12. The van der Waals surface area contributed by atoms with E-state index in [0.29, 0.717) is 23.2 Å². The molecule has 0 radical (unpaired) electrons. The highest BCUT2D eigenvalue weighted by Crippen LogP contribution is 2.38. The summed E-state index contributed by atoms with van der Waals surface area (Å²) in [4.78, 5) is 39.6. The van der Waals surface area contributed by atoms with Crippen LogP contribution in [-0.2, 0) is 32.0 Å². The molecule has 11 heteroatoms. The Morgan fingerprint density at radius 2 is 1.97 bits per heavy atom. The minimum atomic E-state index is -1.09. The number of hydrogen-bond acceptors (Lipinski definition) is 7. The smallest absolute Gasteiger partial charge is 0.413 e. The number of carbonyl (C=O) groups excluding carboxylic acids is 3. The van der Waals surface area contributed by atoms with Crippen molar-refractivity contribution in [3.63, 3.8) is 0 Å². The predicted octanol–water partition coefficient (Wildman–Crippen LogP) is 4.41. The summed E-state index contributed by atoms with van der Waals surface area (Å²) < 4.78 is 24.2. The van der Waals surface area contributed by atoms with Crippen molar-refractivity contribution in [1.29, 1.82) is 0 Å². The van der Waals surface area contributed by atoms with Crippen molar-refractivity contribution in [2.24, 2.45) is 5.92 Å². The number of thiocarbonyl (C=S) groups is 1. The number of hydrogen-bond donors (Lipinski definition) is 3. The molecule has 0 spiro atoms. The summed E-state index contributed by atoms with van der Waals surface area (Å²) in [5.41, 5.74) is 0.906. The molecule has 1 aliphatic rings. The van der Waals surface area contributed by atoms with Crippen LogP contribution < -0.4 is 15.5 Å². The number of halogens is 1. The monoisotopic (exact) mass is 531 g/mol. The molecule has 1 aliphatic heterocycles. The van der Waals surface area contributed by atoms with Crippen LogP contribution in [0.3, 0.4) is 0 Å². The molecule has 3 rings (SSSR count). The van der Waals surface area contributed by atoms with E-state index < -0.39 is 35.3 Å². The number of nitrogens with one attached hydrogen (secondary N) is 2. The van der Waals surface area contributed by atoms with Gasteiger partial charge in [-0.25, -0.2) is 9.18 Å². The summed E-state index contributed by atoms with van der Waals surface area (Å²) in [7, 11) is 0. The van der Waals surface area contributed by atoms with E-state index in [1.807, 2.05) is 0 Å². The average molecular weight is 532 g/mol. The standard InChI is InChI=1S/C26H30FN3O6S/c1-5-35-25(34)29-24(37)28-19-12-16-9-10-18(23(33)36-26(2,3)4)22(32)30(20(16)13-21(19)31)14-15-7-6-8-17(27)11-15/h6-8,11-13,18,31H,5,9-10,14H2,1-4H3,(H2,28,29,34,37). The predicted molar refractivity (Wildman–Crippen MR) is 140 cm³/mol. The van der Waals surface area contributed by atoms with Crippen LogP contribution in [0.5, 0.6) is 5.75 Å². The molecular formula is C26H30FN3O6S. The van der Waals surface area contributed by atoms with Gasteiger partial charge in [-0.3, -0.25) is 14.9 Å². The third kappa shape index (κ3) is 7.39. The van der Waals surface area contributed by atoms with Gasteiger partial charge in [0, 0.05) is 6.07 Å². The summed E-state index contributed by atoms with van der Waals surface area (Å²) in [6.45, 7) is 6.93. The molecule has 37 heavy (non-hydrogen) atoms. The molecule has 2 aromatic carbocycles. The van der Waals surface area contributed by atoms with Crippen molar-refractivity contribution in [3.05, 3.63) is 53.3 Å². The lowest BCUT2D eigenvalue weighted by atomic mass is 9.99. The van der Waals surface area contributed by atoms with Crippen LogP contribution >= 0.6 is 12.2 Å². The first-order chi connectivity index (χ1) is 17.4. The zero-order valence-electron chi connectivity index (χ0n) is 21.1. The first kappa shape index (κ1) is 27.9. The molecule has 198 valence electrons. The van der Waals surface area contributed by atoms with Gasteiger partial charge in [0.2, 0.25) is 5.91 Å². The number of ether oxygens (including phenoxy) is 2. The second-order valence-electron chi connectivity index (χ2n) is 9.48. The number of anilines is 2. The van der Waals surface area contributed by atoms with Gasteiger partial charge < -0.3 is 24.8 Å². The van der Waals surface area contributed by atoms with Gasteiger partial charge in [-0.2, -0.15) is 0 Å². The molecule has 3 N–H and O–H groups in total. The van der Waals surface area contributed by atoms with Gasteiger partial charge in [-0.05, 0) is 82.1 Å². The average Bonchev–Trinajstić information content (AvgIpc) is 2.90. The maximum atomic E-state index is 13.9. The Bertz CT molecular complexity index is 1210. The van der Waals surface area contributed by atoms with E-state index in [1.165, 1.54) is 29.2 Å². The Morgan fingerprint density at radius 3 is 2.62 bits per heavy atom. The third-order valence-corrected chi connectivity index (χ3v) is 5.62. The summed E-state index contributed by atoms with van der Waals surface area (Å²) in [6, 6.07) is 8.75. The van der Waals surface area contributed by atoms with Gasteiger partial charge in [-0.1, -0.05) is 12.1 Å². The molecule has 0 saturated carbocycles. The van der Waals surface area contributed by atoms with Crippen molar-refractivity contribution in [1.82, 2.24) is 5.32 Å². The highest BCUT2D eigenvalue weighted by atomic mass is 32.1. The summed E-state index contributed by atoms with van der Waals surface area (Å²) in [6.07, 6.45) is -0.283. The van der Waals surface area contributed by atoms with Crippen LogP contribution in [0.15, 0.2) is 36.4 Å². The van der Waals surface area contributed by atoms with Crippen LogP contribution in [0.25, 0.3) is 0 Å². The number of amides is 2. The molecule has 0 saturated heterocycles. The van der Waals surface area contributed by atoms with E-state index in [1.54, 1.807) is 39.8 Å². The normalized spacial score (nSPS) is 15.3. The lowest BCUT2D eigenvalue weighted by Crippen LogP contribution is -2.41. The van der Waals surface area contributed by atoms with Gasteiger partial charge in [0.25, 0.3) is 0 Å². The topological polar surface area (TPSA) is 117 Å². The quantitative estimate of drug-likeness (QED) is 0.225. The van der Waals surface area contributed by atoms with Crippen molar-refractivity contribution in [3.8, 4) is 5.75 Å². The number of nitrogens with zero attached hydrogens (tertiary/aromatic N) is 1. The van der Waals surface area contributed by atoms with Crippen molar-refractivity contribution >= 4 is 46.7 Å². The Labute approximate surface area is 219 Å². The van der Waals surface area contributed by atoms with Crippen molar-refractivity contribution in [2.45, 2.75) is 52.7 Å². The molecule has 2 aromatic rings. The first-order valence-electron chi connectivity index (χ1n) is 11.8. The molecule has 2 amide bonds. The van der Waals surface area contributed by atoms with Crippen LogP contribution in [0.1, 0.15) is 45.2 Å². The van der Waals surface area contributed by atoms with Gasteiger partial charge in [0.15, 0.2) is 5.11 Å². The number of rotatable bonds is 5. The molecule has 0 bridgehead atoms. The van der Waals surface area contributed by atoms with E-state index in [9.17, 15) is 23.9 Å². The third-order valence-electron chi connectivity index (χ3n) is 5.41. The van der Waals surface area contributed by atoms with E-state index in [4.69, 9.17) is 21.7 Å². The highest BCUT2D eigenvalue weighted by Gasteiger charge is 2.38. The number of phenols is 1. The van der Waals surface area contributed by atoms with Gasteiger partial charge >= 0.3 is 12.1 Å². The van der Waals surface area contributed by atoms with Crippen LogP contribution in [0.4, 0.5) is 20.6 Å². The Hall–Kier alpha value is -3.73. The highest BCUT2D eigenvalue weighted by molar-refractivity contribution is 7.80. The number of phenolic OH excluding ortho intramolecular Hbond substituents is 1. The lowest BCUT2D eigenvalue weighted by Gasteiger charge is -2.28. The van der Waals surface area contributed by atoms with E-state index in [0.717, 1.165) is 0 Å². The number of alkyl carbamates (subject to hydrolysis) is 1. The van der Waals surface area contributed by atoms with Gasteiger partial charge in [0.1, 0.15) is 23.1 Å².